The third kappa shape index (κ3) is 2.43. The molecule has 112 valence electrons. The van der Waals surface area contributed by atoms with E-state index in [1.54, 1.807) is 0 Å². The second kappa shape index (κ2) is 6.14. The van der Waals surface area contributed by atoms with Gasteiger partial charge in [-0.1, -0.05) is 56.3 Å². The molecule has 1 aromatic heterocycles. The normalized spacial score (nSPS) is 13.9. The first-order valence-electron chi connectivity index (χ1n) is 7.62. The fourth-order valence-corrected chi connectivity index (χ4v) is 3.09. The lowest BCUT2D eigenvalue weighted by molar-refractivity contribution is -0.134. The predicted molar refractivity (Wildman–Crippen MR) is 88.9 cm³/mol. The number of nitrogens with zero attached hydrogens (tertiary/aromatic N) is 1. The van der Waals surface area contributed by atoms with Crippen LogP contribution in [0.2, 0.25) is 0 Å². The molecule has 2 aromatic carbocycles. The van der Waals surface area contributed by atoms with Crippen LogP contribution in [0, 0.1) is 0 Å². The van der Waals surface area contributed by atoms with Gasteiger partial charge in [-0.05, 0) is 17.9 Å². The summed E-state index contributed by atoms with van der Waals surface area (Å²) in [6, 6.07) is 16.4. The topological polar surface area (TPSA) is 39.2 Å². The Morgan fingerprint density at radius 2 is 1.68 bits per heavy atom. The third-order valence-corrected chi connectivity index (χ3v) is 4.26. The number of ether oxygens (including phenoxy) is 1. The number of para-hydroxylation sites is 1. The number of aromatic nitrogens is 1. The van der Waals surface area contributed by atoms with Crippen molar-refractivity contribution < 1.29 is 9.53 Å². The monoisotopic (exact) mass is 293 g/mol. The fourth-order valence-electron chi connectivity index (χ4n) is 3.09. The van der Waals surface area contributed by atoms with E-state index in [9.17, 15) is 4.79 Å². The maximum Gasteiger partial charge on any atom is 0.293 e. The summed E-state index contributed by atoms with van der Waals surface area (Å²) in [7, 11) is 0. The highest BCUT2D eigenvalue weighted by Gasteiger charge is 2.22. The molecule has 2 unspecified atom stereocenters. The molecule has 0 bridgehead atoms. The molecular formula is C19H19NO2. The van der Waals surface area contributed by atoms with Gasteiger partial charge in [-0.15, -0.1) is 0 Å². The van der Waals surface area contributed by atoms with Crippen LogP contribution in [0.25, 0.3) is 21.7 Å². The molecule has 0 spiro atoms. The summed E-state index contributed by atoms with van der Waals surface area (Å²) in [6.45, 7) is 4.63. The summed E-state index contributed by atoms with van der Waals surface area (Å²) >= 11 is 0. The van der Waals surface area contributed by atoms with Crippen molar-refractivity contribution in [1.82, 2.24) is 4.98 Å². The van der Waals surface area contributed by atoms with Gasteiger partial charge in [-0.3, -0.25) is 9.78 Å². The van der Waals surface area contributed by atoms with E-state index in [2.05, 4.69) is 25.1 Å². The van der Waals surface area contributed by atoms with Crippen LogP contribution in [0.4, 0.5) is 0 Å². The van der Waals surface area contributed by atoms with Gasteiger partial charge in [-0.25, -0.2) is 0 Å². The standard InChI is InChI=1S/C19H19NO2/c1-3-18(22-12-21)13(2)19-16-10-5-4-8-14(16)15-9-6-7-11-17(15)20-19/h4-13,18H,3H2,1-2H3. The molecule has 0 radical (unpaired) electrons. The Hall–Kier alpha value is -2.42. The van der Waals surface area contributed by atoms with Gasteiger partial charge in [0, 0.05) is 16.7 Å². The van der Waals surface area contributed by atoms with Crippen molar-refractivity contribution in [3.8, 4) is 0 Å². The first-order chi connectivity index (χ1) is 10.8. The molecule has 0 aliphatic heterocycles. The first-order valence-corrected chi connectivity index (χ1v) is 7.62. The SMILES string of the molecule is CCC(OC=O)C(C)c1nc2ccccc2c2ccccc12. The zero-order chi connectivity index (χ0) is 15.5. The molecule has 0 aliphatic carbocycles. The van der Waals surface area contributed by atoms with Crippen LogP contribution in [-0.2, 0) is 9.53 Å². The van der Waals surface area contributed by atoms with Crippen molar-refractivity contribution in [3.63, 3.8) is 0 Å². The van der Waals surface area contributed by atoms with Crippen LogP contribution in [0.1, 0.15) is 31.9 Å². The molecule has 0 amide bonds. The zero-order valence-corrected chi connectivity index (χ0v) is 12.8. The molecule has 0 fully saturated rings. The van der Waals surface area contributed by atoms with Crippen LogP contribution in [0.15, 0.2) is 48.5 Å². The number of rotatable bonds is 5. The van der Waals surface area contributed by atoms with Crippen LogP contribution in [-0.4, -0.2) is 17.6 Å². The Morgan fingerprint density at radius 3 is 2.36 bits per heavy atom. The molecule has 0 saturated heterocycles. The minimum atomic E-state index is -0.158. The van der Waals surface area contributed by atoms with Gasteiger partial charge in [0.2, 0.25) is 0 Å². The van der Waals surface area contributed by atoms with Gasteiger partial charge in [0.15, 0.2) is 0 Å². The van der Waals surface area contributed by atoms with E-state index in [-0.39, 0.29) is 12.0 Å². The quantitative estimate of drug-likeness (QED) is 0.515. The van der Waals surface area contributed by atoms with Crippen LogP contribution < -0.4 is 0 Å². The van der Waals surface area contributed by atoms with E-state index in [0.717, 1.165) is 28.4 Å². The Balaban J connectivity index is 2.25. The lowest BCUT2D eigenvalue weighted by Gasteiger charge is -2.22. The molecule has 2 atom stereocenters. The number of fused-ring (bicyclic) bond motifs is 3. The van der Waals surface area contributed by atoms with Gasteiger partial charge >= 0.3 is 0 Å². The Morgan fingerprint density at radius 1 is 1.05 bits per heavy atom. The summed E-state index contributed by atoms with van der Waals surface area (Å²) in [6.07, 6.45) is 0.609. The summed E-state index contributed by atoms with van der Waals surface area (Å²) in [5.74, 6) is 0.0460. The van der Waals surface area contributed by atoms with E-state index in [1.165, 1.54) is 5.39 Å². The van der Waals surface area contributed by atoms with Crippen molar-refractivity contribution in [2.75, 3.05) is 0 Å². The van der Waals surface area contributed by atoms with E-state index < -0.39 is 0 Å². The minimum Gasteiger partial charge on any atom is -0.464 e. The summed E-state index contributed by atoms with van der Waals surface area (Å²) in [5.41, 5.74) is 1.96. The van der Waals surface area contributed by atoms with E-state index in [1.807, 2.05) is 37.3 Å². The molecule has 22 heavy (non-hydrogen) atoms. The fraction of sp³-hybridized carbons (Fsp3) is 0.263. The van der Waals surface area contributed by atoms with Crippen molar-refractivity contribution in [2.45, 2.75) is 32.3 Å². The number of hydrogen-bond acceptors (Lipinski definition) is 3. The lowest BCUT2D eigenvalue weighted by Crippen LogP contribution is -2.20. The summed E-state index contributed by atoms with van der Waals surface area (Å²) in [4.78, 5) is 15.6. The molecule has 0 saturated carbocycles. The summed E-state index contributed by atoms with van der Waals surface area (Å²) in [5, 5.41) is 3.47. The average molecular weight is 293 g/mol. The highest BCUT2D eigenvalue weighted by atomic mass is 16.5. The first kappa shape index (κ1) is 14.5. The highest BCUT2D eigenvalue weighted by molar-refractivity contribution is 6.06. The van der Waals surface area contributed by atoms with Crippen LogP contribution in [0.3, 0.4) is 0 Å². The zero-order valence-electron chi connectivity index (χ0n) is 12.8. The number of carbonyl (C=O) groups excluding carboxylic acids is 1. The van der Waals surface area contributed by atoms with Crippen molar-refractivity contribution in [3.05, 3.63) is 54.2 Å². The molecule has 0 aliphatic rings. The third-order valence-electron chi connectivity index (χ3n) is 4.26. The molecule has 0 N–H and O–H groups in total. The Bertz CT molecular complexity index is 813. The van der Waals surface area contributed by atoms with Gasteiger partial charge in [0.1, 0.15) is 6.10 Å². The maximum atomic E-state index is 10.7. The molecule has 3 rings (SSSR count). The highest BCUT2D eigenvalue weighted by Crippen LogP contribution is 2.32. The number of hydrogen-bond donors (Lipinski definition) is 0. The van der Waals surface area contributed by atoms with Crippen LogP contribution in [0.5, 0.6) is 0 Å². The van der Waals surface area contributed by atoms with E-state index in [0.29, 0.717) is 6.47 Å². The van der Waals surface area contributed by atoms with Gasteiger partial charge in [0.25, 0.3) is 6.47 Å². The Labute approximate surface area is 129 Å². The van der Waals surface area contributed by atoms with Crippen LogP contribution >= 0.6 is 0 Å². The summed E-state index contributed by atoms with van der Waals surface area (Å²) < 4.78 is 5.25. The van der Waals surface area contributed by atoms with Gasteiger partial charge in [0.05, 0.1) is 11.2 Å². The Kier molecular flexibility index (Phi) is 4.05. The maximum absolute atomic E-state index is 10.7. The number of benzene rings is 2. The molecular weight excluding hydrogens is 274 g/mol. The molecule has 3 heteroatoms. The average Bonchev–Trinajstić information content (AvgIpc) is 2.58. The van der Waals surface area contributed by atoms with Crippen molar-refractivity contribution in [1.29, 1.82) is 0 Å². The van der Waals surface area contributed by atoms with Gasteiger partial charge in [-0.2, -0.15) is 0 Å². The molecule has 3 aromatic rings. The number of pyridine rings is 1. The predicted octanol–water partition coefficient (Wildman–Crippen LogP) is 4.44. The van der Waals surface area contributed by atoms with Crippen molar-refractivity contribution >= 4 is 28.1 Å². The second-order valence-corrected chi connectivity index (χ2v) is 5.53. The molecule has 1 heterocycles. The lowest BCUT2D eigenvalue weighted by atomic mass is 9.92. The minimum absolute atomic E-state index is 0.0460. The molecule has 3 nitrogen and oxygen atoms in total. The smallest absolute Gasteiger partial charge is 0.293 e. The van der Waals surface area contributed by atoms with E-state index >= 15 is 0 Å². The number of carbonyl (C=O) groups is 1. The van der Waals surface area contributed by atoms with Crippen molar-refractivity contribution in [2.24, 2.45) is 0 Å². The second-order valence-electron chi connectivity index (χ2n) is 5.53. The largest absolute Gasteiger partial charge is 0.464 e. The van der Waals surface area contributed by atoms with E-state index in [4.69, 9.17) is 9.72 Å². The van der Waals surface area contributed by atoms with Gasteiger partial charge < -0.3 is 4.74 Å².